The second kappa shape index (κ2) is 10.4. The third-order valence-electron chi connectivity index (χ3n) is 3.84. The number of benzene rings is 2. The van der Waals surface area contributed by atoms with E-state index in [9.17, 15) is 9.59 Å². The summed E-state index contributed by atoms with van der Waals surface area (Å²) < 4.78 is 20.8. The second-order valence-electron chi connectivity index (χ2n) is 5.77. The van der Waals surface area contributed by atoms with Crippen LogP contribution >= 0.6 is 11.6 Å². The molecule has 0 spiro atoms. The van der Waals surface area contributed by atoms with E-state index in [4.69, 9.17) is 30.5 Å². The number of ether oxygens (including phenoxy) is 4. The van der Waals surface area contributed by atoms with Gasteiger partial charge in [0.25, 0.3) is 5.91 Å². The Morgan fingerprint density at radius 2 is 1.54 bits per heavy atom. The molecule has 150 valence electrons. The number of carbonyl (C=O) groups is 2. The number of carbonyl (C=O) groups excluding carboxylic acids is 2. The van der Waals surface area contributed by atoms with Crippen molar-refractivity contribution >= 4 is 23.5 Å². The highest BCUT2D eigenvalue weighted by Gasteiger charge is 2.16. The van der Waals surface area contributed by atoms with Crippen molar-refractivity contribution in [1.29, 1.82) is 0 Å². The van der Waals surface area contributed by atoms with Crippen molar-refractivity contribution in [3.8, 4) is 17.2 Å². The average molecular weight is 408 g/mol. The van der Waals surface area contributed by atoms with E-state index in [0.717, 1.165) is 5.56 Å². The number of amides is 1. The fraction of sp³-hybridized carbons (Fsp3) is 0.300. The van der Waals surface area contributed by atoms with Gasteiger partial charge in [0.2, 0.25) is 5.75 Å². The van der Waals surface area contributed by atoms with Crippen molar-refractivity contribution in [3.63, 3.8) is 0 Å². The average Bonchev–Trinajstić information content (AvgIpc) is 2.71. The van der Waals surface area contributed by atoms with E-state index in [2.05, 4.69) is 5.32 Å². The van der Waals surface area contributed by atoms with Gasteiger partial charge in [-0.2, -0.15) is 0 Å². The lowest BCUT2D eigenvalue weighted by Gasteiger charge is -2.14. The minimum atomic E-state index is -0.545. The van der Waals surface area contributed by atoms with Crippen LogP contribution in [0.15, 0.2) is 36.4 Å². The first-order chi connectivity index (χ1) is 13.5. The molecular weight excluding hydrogens is 386 g/mol. The molecular formula is C20H22ClNO6. The molecule has 0 aromatic heterocycles. The van der Waals surface area contributed by atoms with E-state index in [1.54, 1.807) is 36.4 Å². The van der Waals surface area contributed by atoms with E-state index in [1.807, 2.05) is 0 Å². The summed E-state index contributed by atoms with van der Waals surface area (Å²) in [6, 6.07) is 10.4. The van der Waals surface area contributed by atoms with E-state index in [0.29, 0.717) is 34.4 Å². The third-order valence-corrected chi connectivity index (χ3v) is 4.09. The third kappa shape index (κ3) is 6.06. The number of rotatable bonds is 9. The van der Waals surface area contributed by atoms with Crippen LogP contribution in [0.4, 0.5) is 0 Å². The van der Waals surface area contributed by atoms with E-state index in [1.165, 1.54) is 21.3 Å². The summed E-state index contributed by atoms with van der Waals surface area (Å²) in [5, 5.41) is 3.29. The minimum Gasteiger partial charge on any atom is -0.493 e. The summed E-state index contributed by atoms with van der Waals surface area (Å²) >= 11 is 5.81. The molecule has 0 aliphatic rings. The zero-order valence-corrected chi connectivity index (χ0v) is 16.7. The Balaban J connectivity index is 1.86. The lowest BCUT2D eigenvalue weighted by atomic mass is 10.1. The zero-order chi connectivity index (χ0) is 20.5. The lowest BCUT2D eigenvalue weighted by molar-refractivity contribution is -0.147. The van der Waals surface area contributed by atoms with Crippen molar-refractivity contribution < 1.29 is 28.5 Å². The van der Waals surface area contributed by atoms with Gasteiger partial charge >= 0.3 is 5.97 Å². The smallest absolute Gasteiger partial charge is 0.310 e. The summed E-state index contributed by atoms with van der Waals surface area (Å²) in [6.07, 6.45) is -0.0405. The number of nitrogens with one attached hydrogen (secondary N) is 1. The van der Waals surface area contributed by atoms with Gasteiger partial charge in [-0.15, -0.1) is 0 Å². The molecule has 1 N–H and O–H groups in total. The Labute approximate surface area is 168 Å². The predicted molar refractivity (Wildman–Crippen MR) is 104 cm³/mol. The van der Waals surface area contributed by atoms with Crippen LogP contribution in [-0.2, 0) is 27.3 Å². The molecule has 7 nitrogen and oxygen atoms in total. The van der Waals surface area contributed by atoms with Crippen LogP contribution in [0.1, 0.15) is 11.1 Å². The maximum Gasteiger partial charge on any atom is 0.310 e. The molecule has 1 amide bonds. The number of hydrogen-bond donors (Lipinski definition) is 1. The molecule has 0 bridgehead atoms. The SMILES string of the molecule is COc1cc(CC(=O)OCC(=O)NCc2ccc(Cl)cc2)cc(OC)c1OC. The van der Waals surface area contributed by atoms with Crippen LogP contribution in [0.3, 0.4) is 0 Å². The van der Waals surface area contributed by atoms with Crippen LogP contribution < -0.4 is 19.5 Å². The van der Waals surface area contributed by atoms with Gasteiger partial charge in [0, 0.05) is 11.6 Å². The summed E-state index contributed by atoms with van der Waals surface area (Å²) in [6.45, 7) is -0.0444. The van der Waals surface area contributed by atoms with Crippen molar-refractivity contribution in [2.75, 3.05) is 27.9 Å². The minimum absolute atomic E-state index is 0.0405. The monoisotopic (exact) mass is 407 g/mol. The van der Waals surface area contributed by atoms with Gasteiger partial charge in [-0.3, -0.25) is 9.59 Å². The van der Waals surface area contributed by atoms with E-state index >= 15 is 0 Å². The Morgan fingerprint density at radius 1 is 0.929 bits per heavy atom. The summed E-state index contributed by atoms with van der Waals surface area (Å²) in [5.74, 6) is 0.364. The van der Waals surface area contributed by atoms with Crippen LogP contribution in [-0.4, -0.2) is 39.8 Å². The number of methoxy groups -OCH3 is 3. The molecule has 2 aromatic rings. The molecule has 0 unspecified atom stereocenters. The Kier molecular flexibility index (Phi) is 7.95. The Hall–Kier alpha value is -2.93. The number of hydrogen-bond acceptors (Lipinski definition) is 6. The molecule has 0 aliphatic heterocycles. The standard InChI is InChI=1S/C20H22ClNO6/c1-25-16-8-14(9-17(26-2)20(16)27-3)10-19(24)28-12-18(23)22-11-13-4-6-15(21)7-5-13/h4-9H,10-12H2,1-3H3,(H,22,23). The molecule has 2 rings (SSSR count). The topological polar surface area (TPSA) is 83.1 Å². The van der Waals surface area contributed by atoms with Gasteiger partial charge in [0.05, 0.1) is 27.8 Å². The van der Waals surface area contributed by atoms with E-state index < -0.39 is 11.9 Å². The van der Waals surface area contributed by atoms with Crippen LogP contribution in [0.2, 0.25) is 5.02 Å². The first-order valence-corrected chi connectivity index (χ1v) is 8.80. The predicted octanol–water partition coefficient (Wildman–Crippen LogP) is 2.77. The first kappa shape index (κ1) is 21.4. The van der Waals surface area contributed by atoms with Gasteiger partial charge < -0.3 is 24.3 Å². The maximum atomic E-state index is 12.1. The van der Waals surface area contributed by atoms with Gasteiger partial charge in [-0.05, 0) is 35.4 Å². The second-order valence-corrected chi connectivity index (χ2v) is 6.21. The molecule has 0 fully saturated rings. The van der Waals surface area contributed by atoms with E-state index in [-0.39, 0.29) is 13.0 Å². The molecule has 8 heteroatoms. The first-order valence-electron chi connectivity index (χ1n) is 8.42. The highest BCUT2D eigenvalue weighted by atomic mass is 35.5. The summed E-state index contributed by atoms with van der Waals surface area (Å²) in [5.41, 5.74) is 1.50. The quantitative estimate of drug-likeness (QED) is 0.643. The van der Waals surface area contributed by atoms with Crippen LogP contribution in [0.25, 0.3) is 0 Å². The summed E-state index contributed by atoms with van der Waals surface area (Å²) in [7, 11) is 4.48. The molecule has 0 heterocycles. The Morgan fingerprint density at radius 3 is 2.07 bits per heavy atom. The largest absolute Gasteiger partial charge is 0.493 e. The van der Waals surface area contributed by atoms with Gasteiger partial charge in [0.1, 0.15) is 0 Å². The Bertz CT molecular complexity index is 797. The molecule has 0 aliphatic carbocycles. The van der Waals surface area contributed by atoms with Crippen molar-refractivity contribution in [3.05, 3.63) is 52.5 Å². The molecule has 0 atom stereocenters. The van der Waals surface area contributed by atoms with Crippen molar-refractivity contribution in [1.82, 2.24) is 5.32 Å². The highest BCUT2D eigenvalue weighted by Crippen LogP contribution is 2.38. The fourth-order valence-corrected chi connectivity index (χ4v) is 2.58. The molecule has 2 aromatic carbocycles. The molecule has 0 saturated heterocycles. The number of halogens is 1. The fourth-order valence-electron chi connectivity index (χ4n) is 2.46. The summed E-state index contributed by atoms with van der Waals surface area (Å²) in [4.78, 5) is 23.9. The number of esters is 1. The lowest BCUT2D eigenvalue weighted by Crippen LogP contribution is -2.28. The van der Waals surface area contributed by atoms with Gasteiger partial charge in [0.15, 0.2) is 18.1 Å². The van der Waals surface area contributed by atoms with Gasteiger partial charge in [-0.1, -0.05) is 23.7 Å². The van der Waals surface area contributed by atoms with Crippen molar-refractivity contribution in [2.24, 2.45) is 0 Å². The van der Waals surface area contributed by atoms with Crippen LogP contribution in [0, 0.1) is 0 Å². The van der Waals surface area contributed by atoms with Crippen LogP contribution in [0.5, 0.6) is 17.2 Å². The highest BCUT2D eigenvalue weighted by molar-refractivity contribution is 6.30. The molecule has 28 heavy (non-hydrogen) atoms. The van der Waals surface area contributed by atoms with Gasteiger partial charge in [-0.25, -0.2) is 0 Å². The maximum absolute atomic E-state index is 12.1. The van der Waals surface area contributed by atoms with Crippen molar-refractivity contribution in [2.45, 2.75) is 13.0 Å². The molecule has 0 saturated carbocycles. The zero-order valence-electron chi connectivity index (χ0n) is 15.9. The molecule has 0 radical (unpaired) electrons. The normalized spacial score (nSPS) is 10.1.